The molecule has 0 aliphatic rings. The van der Waals surface area contributed by atoms with Gasteiger partial charge in [-0.15, -0.1) is 0 Å². The van der Waals surface area contributed by atoms with Crippen molar-refractivity contribution >= 4 is 150 Å². The quantitative estimate of drug-likeness (QED) is 0.103. The molecule has 99 heavy (non-hydrogen) atoms. The Hall–Kier alpha value is -6.86. The molecule has 0 amide bonds. The molecule has 0 fully saturated rings. The van der Waals surface area contributed by atoms with Crippen molar-refractivity contribution in [1.29, 1.82) is 0 Å². The number of hydrogen-bond donors (Lipinski definition) is 1. The highest BCUT2D eigenvalue weighted by Gasteiger charge is 2.28. The van der Waals surface area contributed by atoms with Gasteiger partial charge in [0.25, 0.3) is 0 Å². The standard InChI is InChI=1S/C44H55ClN2Si2.C26H29Cl2N.C18H27NSi2/c1-43(2,3)32-16-20-34(21-17-32)46(35-22-18-33(19-23-35)44(4,5)6)40-14-13-15-41(42(40)45)47(36-24-28-38(29-25-36)48(7,8)9)37-26-30-39(31-27-37)49(10,11)12;1-25(2,3)18-10-14-20(15-11-18)29(23-9-7-8-22(27)24(23)28)21-16-12-19(13-17-21)26(4,5)6;1-20(2,3)17-11-7-15(8-12-17)19-16-9-13-18(14-10-16)21(4,5)6/h13-31H,1-12H3;7-17H,1-6H3;7-14,19H,1-6H3. The van der Waals surface area contributed by atoms with Crippen molar-refractivity contribution in [3.63, 3.8) is 0 Å². The van der Waals surface area contributed by atoms with Gasteiger partial charge in [0.15, 0.2) is 0 Å². The summed E-state index contributed by atoms with van der Waals surface area (Å²) in [6, 6.07) is 83.5. The Morgan fingerprint density at radius 2 is 0.434 bits per heavy atom. The Bertz CT molecular complexity index is 3900. The molecular weight excluding hydrogens is 1330 g/mol. The summed E-state index contributed by atoms with van der Waals surface area (Å²) in [5.41, 5.74) is 17.0. The first-order valence-electron chi connectivity index (χ1n) is 35.1. The van der Waals surface area contributed by atoms with Gasteiger partial charge in [-0.2, -0.15) is 0 Å². The Labute approximate surface area is 616 Å². The van der Waals surface area contributed by atoms with Crippen LogP contribution in [-0.2, 0) is 21.7 Å². The smallest absolute Gasteiger partial charge is 0.0887 e. The highest BCUT2D eigenvalue weighted by molar-refractivity contribution is 6.90. The van der Waals surface area contributed by atoms with Crippen LogP contribution in [0.15, 0.2) is 231 Å². The van der Waals surface area contributed by atoms with E-state index < -0.39 is 32.3 Å². The summed E-state index contributed by atoms with van der Waals surface area (Å²) in [7, 11) is -5.33. The summed E-state index contributed by atoms with van der Waals surface area (Å²) >= 11 is 20.6. The fourth-order valence-corrected chi connectivity index (χ4v) is 17.1. The maximum absolute atomic E-state index is 7.64. The molecule has 0 aliphatic carbocycles. The average molecular weight is 1440 g/mol. The van der Waals surface area contributed by atoms with Crippen LogP contribution in [0.1, 0.15) is 105 Å². The van der Waals surface area contributed by atoms with Crippen molar-refractivity contribution in [3.05, 3.63) is 268 Å². The first-order valence-corrected chi connectivity index (χ1v) is 50.3. The molecule has 10 aromatic rings. The van der Waals surface area contributed by atoms with Gasteiger partial charge < -0.3 is 20.0 Å². The fourth-order valence-electron chi connectivity index (χ4n) is 11.7. The molecule has 520 valence electrons. The molecule has 0 aliphatic heterocycles. The minimum atomic E-state index is -1.47. The van der Waals surface area contributed by atoms with Gasteiger partial charge in [0.2, 0.25) is 0 Å². The monoisotopic (exact) mass is 1440 g/mol. The fraction of sp³-hybridized carbons (Fsp3) is 0.318. The lowest BCUT2D eigenvalue weighted by Crippen LogP contribution is -2.37. The number of nitrogens with zero attached hydrogens (tertiary/aromatic N) is 3. The molecule has 10 rings (SSSR count). The Kier molecular flexibility index (Phi) is 24.2. The van der Waals surface area contributed by atoms with Crippen LogP contribution < -0.4 is 40.8 Å². The summed E-state index contributed by atoms with van der Waals surface area (Å²) in [5, 5.41) is 11.2. The van der Waals surface area contributed by atoms with E-state index in [9.17, 15) is 0 Å². The topological polar surface area (TPSA) is 21.8 Å². The molecule has 0 spiro atoms. The number of anilines is 11. The molecule has 1 N–H and O–H groups in total. The van der Waals surface area contributed by atoms with Gasteiger partial charge in [-0.1, -0.05) is 326 Å². The lowest BCUT2D eigenvalue weighted by Gasteiger charge is -2.32. The second-order valence-corrected chi connectivity index (χ2v) is 56.2. The van der Waals surface area contributed by atoms with Gasteiger partial charge in [-0.25, -0.2) is 0 Å². The molecule has 0 atom stereocenters. The summed E-state index contributed by atoms with van der Waals surface area (Å²) in [6.45, 7) is 55.5. The number of halogens is 3. The molecule has 10 aromatic carbocycles. The summed E-state index contributed by atoms with van der Waals surface area (Å²) in [4.78, 5) is 6.77. The van der Waals surface area contributed by atoms with Crippen LogP contribution in [0, 0.1) is 0 Å². The zero-order valence-corrected chi connectivity index (χ0v) is 70.2. The predicted molar refractivity (Wildman–Crippen MR) is 455 cm³/mol. The van der Waals surface area contributed by atoms with Crippen LogP contribution >= 0.6 is 34.8 Å². The third-order valence-corrected chi connectivity index (χ3v) is 27.8. The molecule has 0 bridgehead atoms. The van der Waals surface area contributed by atoms with Gasteiger partial charge in [0.05, 0.1) is 64.4 Å². The molecule has 0 heterocycles. The van der Waals surface area contributed by atoms with E-state index in [1.54, 1.807) is 0 Å². The Morgan fingerprint density at radius 3 is 0.646 bits per heavy atom. The van der Waals surface area contributed by atoms with E-state index in [1.807, 2.05) is 18.2 Å². The van der Waals surface area contributed by atoms with E-state index in [0.717, 1.165) is 62.6 Å². The molecular formula is C88H111Cl3N4Si4. The molecule has 0 aromatic heterocycles. The predicted octanol–water partition coefficient (Wildman–Crippen LogP) is 26.5. The maximum atomic E-state index is 7.64. The summed E-state index contributed by atoms with van der Waals surface area (Å²) < 4.78 is 0. The zero-order chi connectivity index (χ0) is 73.0. The Morgan fingerprint density at radius 1 is 0.242 bits per heavy atom. The van der Waals surface area contributed by atoms with E-state index in [2.05, 4.69) is 394 Å². The molecule has 0 radical (unpaired) electrons. The van der Waals surface area contributed by atoms with Crippen molar-refractivity contribution in [2.45, 2.75) is 183 Å². The van der Waals surface area contributed by atoms with Gasteiger partial charge in [0, 0.05) is 45.5 Å². The van der Waals surface area contributed by atoms with Crippen molar-refractivity contribution in [3.8, 4) is 0 Å². The third-order valence-electron chi connectivity index (χ3n) is 18.4. The van der Waals surface area contributed by atoms with Gasteiger partial charge in [0.1, 0.15) is 0 Å². The van der Waals surface area contributed by atoms with E-state index >= 15 is 0 Å². The second-order valence-electron chi connectivity index (χ2n) is 34.8. The first kappa shape index (κ1) is 77.9. The van der Waals surface area contributed by atoms with E-state index in [1.165, 1.54) is 43.0 Å². The molecule has 0 unspecified atom stereocenters. The SMILES string of the molecule is CC(C)(C)c1ccc(N(c2ccc(C(C)(C)C)cc2)c2cccc(Cl)c2Cl)cc1.CC(C)(C)c1ccc(N(c2ccc(C(C)(C)C)cc2)c2cccc(N(c3ccc([Si](C)(C)C)cc3)c3ccc([Si](C)(C)C)cc3)c2Cl)cc1.C[Si](C)(C)c1ccc(Nc2ccc([Si](C)(C)C)cc2)cc1. The minimum Gasteiger partial charge on any atom is -0.356 e. The number of rotatable bonds is 15. The summed E-state index contributed by atoms with van der Waals surface area (Å²) in [6.07, 6.45) is 0. The van der Waals surface area contributed by atoms with Gasteiger partial charge >= 0.3 is 0 Å². The van der Waals surface area contributed by atoms with Crippen molar-refractivity contribution in [2.24, 2.45) is 0 Å². The van der Waals surface area contributed by atoms with Crippen LogP contribution in [0.3, 0.4) is 0 Å². The molecule has 0 saturated heterocycles. The Balaban J connectivity index is 0.000000210. The van der Waals surface area contributed by atoms with Gasteiger partial charge in [-0.05, 0) is 165 Å². The van der Waals surface area contributed by atoms with Crippen LogP contribution in [0.2, 0.25) is 93.6 Å². The van der Waals surface area contributed by atoms with Crippen LogP contribution in [0.4, 0.5) is 62.6 Å². The van der Waals surface area contributed by atoms with Crippen molar-refractivity contribution in [2.75, 3.05) is 20.0 Å². The van der Waals surface area contributed by atoms with Crippen LogP contribution in [0.25, 0.3) is 0 Å². The third kappa shape index (κ3) is 20.2. The highest BCUT2D eigenvalue weighted by atomic mass is 35.5. The lowest BCUT2D eigenvalue weighted by atomic mass is 9.86. The van der Waals surface area contributed by atoms with Crippen LogP contribution in [-0.4, -0.2) is 32.3 Å². The number of nitrogens with one attached hydrogen (secondary N) is 1. The number of benzene rings is 10. The normalized spacial score (nSPS) is 12.4. The average Bonchev–Trinajstić information content (AvgIpc) is 0.771. The molecule has 11 heteroatoms. The minimum absolute atomic E-state index is 0.0613. The summed E-state index contributed by atoms with van der Waals surface area (Å²) in [5.74, 6) is 0. The van der Waals surface area contributed by atoms with E-state index in [4.69, 9.17) is 34.8 Å². The largest absolute Gasteiger partial charge is 0.356 e. The highest BCUT2D eigenvalue weighted by Crippen LogP contribution is 2.48. The van der Waals surface area contributed by atoms with Gasteiger partial charge in [-0.3, -0.25) is 0 Å². The molecule has 0 saturated carbocycles. The first-order chi connectivity index (χ1) is 45.9. The van der Waals surface area contributed by atoms with E-state index in [-0.39, 0.29) is 21.7 Å². The van der Waals surface area contributed by atoms with Crippen molar-refractivity contribution in [1.82, 2.24) is 0 Å². The zero-order valence-electron chi connectivity index (χ0n) is 63.9. The maximum Gasteiger partial charge on any atom is 0.0887 e. The van der Waals surface area contributed by atoms with Crippen molar-refractivity contribution < 1.29 is 0 Å². The van der Waals surface area contributed by atoms with Crippen LogP contribution in [0.5, 0.6) is 0 Å². The number of hydrogen-bond acceptors (Lipinski definition) is 4. The lowest BCUT2D eigenvalue weighted by molar-refractivity contribution is 0.590. The second kappa shape index (κ2) is 30.8. The van der Waals surface area contributed by atoms with E-state index in [0.29, 0.717) is 15.1 Å². The molecule has 4 nitrogen and oxygen atoms in total.